The molecular formula is C21H18FN3O5S. The van der Waals surface area contributed by atoms with Crippen LogP contribution in [0.1, 0.15) is 11.5 Å². The Hall–Kier alpha value is -3.66. The summed E-state index contributed by atoms with van der Waals surface area (Å²) >= 11 is 0. The standard InChI is InChI=1S/C21H18FN3O5S/c1-13-9-16(25-30-13)12-31(26,27)17-7-8-19(28-2)18(10-17)24-21-23-11-20(29-21)14-3-5-15(22)6-4-14/h3-11H,12H2,1-2H3,(H,23,24). The summed E-state index contributed by atoms with van der Waals surface area (Å²) in [6.45, 7) is 1.69. The second-order valence-electron chi connectivity index (χ2n) is 6.71. The minimum atomic E-state index is -3.69. The smallest absolute Gasteiger partial charge is 0.299 e. The predicted molar refractivity (Wildman–Crippen MR) is 110 cm³/mol. The molecule has 0 aliphatic heterocycles. The van der Waals surface area contributed by atoms with Gasteiger partial charge < -0.3 is 19.0 Å². The van der Waals surface area contributed by atoms with Crippen molar-refractivity contribution < 1.29 is 26.5 Å². The van der Waals surface area contributed by atoms with Gasteiger partial charge in [-0.2, -0.15) is 0 Å². The molecule has 0 spiro atoms. The summed E-state index contributed by atoms with van der Waals surface area (Å²) in [6.07, 6.45) is 1.48. The van der Waals surface area contributed by atoms with E-state index in [0.717, 1.165) is 0 Å². The molecule has 10 heteroatoms. The molecule has 0 radical (unpaired) electrons. The number of anilines is 2. The van der Waals surface area contributed by atoms with E-state index in [2.05, 4.69) is 15.5 Å². The lowest BCUT2D eigenvalue weighted by molar-refractivity contribution is 0.392. The maximum absolute atomic E-state index is 13.1. The van der Waals surface area contributed by atoms with Crippen molar-refractivity contribution >= 4 is 21.5 Å². The van der Waals surface area contributed by atoms with E-state index in [1.165, 1.54) is 43.6 Å². The van der Waals surface area contributed by atoms with Crippen molar-refractivity contribution in [2.24, 2.45) is 0 Å². The summed E-state index contributed by atoms with van der Waals surface area (Å²) in [5.74, 6) is 0.696. The number of sulfone groups is 1. The van der Waals surface area contributed by atoms with Gasteiger partial charge in [0.1, 0.15) is 23.1 Å². The second kappa shape index (κ2) is 8.23. The number of halogens is 1. The van der Waals surface area contributed by atoms with Crippen LogP contribution < -0.4 is 10.1 Å². The fourth-order valence-electron chi connectivity index (χ4n) is 2.94. The molecule has 0 saturated carbocycles. The summed E-state index contributed by atoms with van der Waals surface area (Å²) in [7, 11) is -2.22. The highest BCUT2D eigenvalue weighted by molar-refractivity contribution is 7.90. The number of hydrogen-bond acceptors (Lipinski definition) is 8. The topological polar surface area (TPSA) is 107 Å². The third-order valence-corrected chi connectivity index (χ3v) is 6.07. The molecule has 160 valence electrons. The van der Waals surface area contributed by atoms with Gasteiger partial charge in [-0.3, -0.25) is 0 Å². The summed E-state index contributed by atoms with van der Waals surface area (Å²) in [5.41, 5.74) is 1.32. The lowest BCUT2D eigenvalue weighted by Crippen LogP contribution is -2.06. The van der Waals surface area contributed by atoms with E-state index in [-0.39, 0.29) is 22.5 Å². The first-order valence-corrected chi connectivity index (χ1v) is 10.8. The molecule has 2 heterocycles. The molecule has 8 nitrogen and oxygen atoms in total. The van der Waals surface area contributed by atoms with Gasteiger partial charge in [-0.25, -0.2) is 17.8 Å². The van der Waals surface area contributed by atoms with Gasteiger partial charge in [0.25, 0.3) is 6.01 Å². The molecule has 0 aliphatic carbocycles. The average molecular weight is 443 g/mol. The van der Waals surface area contributed by atoms with E-state index in [0.29, 0.717) is 34.2 Å². The van der Waals surface area contributed by atoms with Crippen LogP contribution in [0.15, 0.2) is 68.6 Å². The lowest BCUT2D eigenvalue weighted by atomic mass is 10.2. The van der Waals surface area contributed by atoms with Crippen molar-refractivity contribution in [3.05, 3.63) is 72.0 Å². The molecule has 4 rings (SSSR count). The summed E-state index contributed by atoms with van der Waals surface area (Å²) in [5, 5.41) is 6.67. The van der Waals surface area contributed by atoms with Crippen LogP contribution in [0.25, 0.3) is 11.3 Å². The molecule has 0 atom stereocenters. The van der Waals surface area contributed by atoms with E-state index >= 15 is 0 Å². The van der Waals surface area contributed by atoms with E-state index in [9.17, 15) is 12.8 Å². The monoisotopic (exact) mass is 443 g/mol. The van der Waals surface area contributed by atoms with Gasteiger partial charge in [-0.15, -0.1) is 0 Å². The van der Waals surface area contributed by atoms with Gasteiger partial charge in [0.2, 0.25) is 0 Å². The quantitative estimate of drug-likeness (QED) is 0.445. The van der Waals surface area contributed by atoms with Gasteiger partial charge >= 0.3 is 0 Å². The van der Waals surface area contributed by atoms with Crippen LogP contribution in [0.3, 0.4) is 0 Å². The predicted octanol–water partition coefficient (Wildman–Crippen LogP) is 4.50. The number of methoxy groups -OCH3 is 1. The maximum atomic E-state index is 13.1. The van der Waals surface area contributed by atoms with E-state index in [1.807, 2.05) is 0 Å². The Morgan fingerprint density at radius 3 is 2.58 bits per heavy atom. The van der Waals surface area contributed by atoms with Crippen LogP contribution in [0, 0.1) is 12.7 Å². The molecule has 0 aliphatic rings. The Morgan fingerprint density at radius 2 is 1.90 bits per heavy atom. The number of nitrogens with one attached hydrogen (secondary N) is 1. The van der Waals surface area contributed by atoms with Gasteiger partial charge in [0.05, 0.1) is 29.6 Å². The highest BCUT2D eigenvalue weighted by Gasteiger charge is 2.20. The molecule has 2 aromatic heterocycles. The zero-order valence-electron chi connectivity index (χ0n) is 16.6. The number of hydrogen-bond donors (Lipinski definition) is 1. The molecule has 0 unspecified atom stereocenters. The zero-order chi connectivity index (χ0) is 22.0. The Labute approximate surface area is 177 Å². The number of ether oxygens (including phenoxy) is 1. The summed E-state index contributed by atoms with van der Waals surface area (Å²) in [4.78, 5) is 4.22. The van der Waals surface area contributed by atoms with Crippen molar-refractivity contribution in [1.29, 1.82) is 0 Å². The lowest BCUT2D eigenvalue weighted by Gasteiger charge is -2.11. The molecule has 0 fully saturated rings. The average Bonchev–Trinajstić information content (AvgIpc) is 3.37. The van der Waals surface area contributed by atoms with Gasteiger partial charge in [0, 0.05) is 11.6 Å². The molecule has 0 bridgehead atoms. The second-order valence-corrected chi connectivity index (χ2v) is 8.70. The number of rotatable bonds is 7. The number of nitrogens with zero attached hydrogens (tertiary/aromatic N) is 2. The third-order valence-electron chi connectivity index (χ3n) is 4.42. The van der Waals surface area contributed by atoms with Crippen LogP contribution in [-0.2, 0) is 15.6 Å². The van der Waals surface area contributed by atoms with Crippen LogP contribution in [0.5, 0.6) is 5.75 Å². The Morgan fingerprint density at radius 1 is 1.13 bits per heavy atom. The molecule has 2 aromatic carbocycles. The van der Waals surface area contributed by atoms with Crippen molar-refractivity contribution in [1.82, 2.24) is 10.1 Å². The van der Waals surface area contributed by atoms with Crippen LogP contribution in [-0.4, -0.2) is 25.7 Å². The fraction of sp³-hybridized carbons (Fsp3) is 0.143. The van der Waals surface area contributed by atoms with Crippen molar-refractivity contribution in [3.63, 3.8) is 0 Å². The van der Waals surface area contributed by atoms with E-state index in [4.69, 9.17) is 13.7 Å². The third kappa shape index (κ3) is 4.58. The molecular weight excluding hydrogens is 425 g/mol. The van der Waals surface area contributed by atoms with Crippen molar-refractivity contribution in [2.45, 2.75) is 17.6 Å². The fourth-order valence-corrected chi connectivity index (χ4v) is 4.20. The maximum Gasteiger partial charge on any atom is 0.299 e. The van der Waals surface area contributed by atoms with Crippen LogP contribution >= 0.6 is 0 Å². The Kier molecular flexibility index (Phi) is 5.47. The van der Waals surface area contributed by atoms with E-state index < -0.39 is 9.84 Å². The normalized spacial score (nSPS) is 11.5. The first kappa shape index (κ1) is 20.6. The number of aromatic nitrogens is 2. The van der Waals surface area contributed by atoms with Crippen molar-refractivity contribution in [2.75, 3.05) is 12.4 Å². The number of oxazole rings is 1. The zero-order valence-corrected chi connectivity index (χ0v) is 17.4. The summed E-state index contributed by atoms with van der Waals surface area (Å²) in [6, 6.07) is 11.9. The van der Waals surface area contributed by atoms with Gasteiger partial charge in [-0.1, -0.05) is 5.16 Å². The first-order chi connectivity index (χ1) is 14.8. The Bertz CT molecular complexity index is 1310. The van der Waals surface area contributed by atoms with Crippen LogP contribution in [0.4, 0.5) is 16.1 Å². The van der Waals surface area contributed by atoms with Crippen LogP contribution in [0.2, 0.25) is 0 Å². The Balaban J connectivity index is 1.60. The molecule has 4 aromatic rings. The SMILES string of the molecule is COc1ccc(S(=O)(=O)Cc2cc(C)on2)cc1Nc1ncc(-c2ccc(F)cc2)o1. The molecule has 0 amide bonds. The highest BCUT2D eigenvalue weighted by atomic mass is 32.2. The molecule has 1 N–H and O–H groups in total. The summed E-state index contributed by atoms with van der Waals surface area (Å²) < 4.78 is 54.7. The minimum Gasteiger partial charge on any atom is -0.495 e. The minimum absolute atomic E-state index is 0.0711. The number of aryl methyl sites for hydroxylation is 1. The van der Waals surface area contributed by atoms with Crippen molar-refractivity contribution in [3.8, 4) is 17.1 Å². The largest absolute Gasteiger partial charge is 0.495 e. The molecule has 0 saturated heterocycles. The van der Waals surface area contributed by atoms with Gasteiger partial charge in [0.15, 0.2) is 15.6 Å². The van der Waals surface area contributed by atoms with E-state index in [1.54, 1.807) is 25.1 Å². The molecule has 31 heavy (non-hydrogen) atoms. The highest BCUT2D eigenvalue weighted by Crippen LogP contribution is 2.32. The first-order valence-electron chi connectivity index (χ1n) is 9.16. The van der Waals surface area contributed by atoms with Gasteiger partial charge in [-0.05, 0) is 49.4 Å². The number of benzene rings is 2.